The molecule has 0 saturated heterocycles. The smallest absolute Gasteiger partial charge is 0.278 e. The molecule has 0 unspecified atom stereocenters. The molecule has 0 fully saturated rings. The van der Waals surface area contributed by atoms with Crippen molar-refractivity contribution in [3.8, 4) is 0 Å². The van der Waals surface area contributed by atoms with E-state index in [1.165, 1.54) is 12.1 Å². The lowest BCUT2D eigenvalue weighted by Crippen LogP contribution is -2.33. The van der Waals surface area contributed by atoms with Crippen molar-refractivity contribution in [2.45, 2.75) is 39.5 Å². The van der Waals surface area contributed by atoms with E-state index in [9.17, 15) is 14.9 Å². The molecule has 0 aromatic heterocycles. The van der Waals surface area contributed by atoms with Gasteiger partial charge in [0.2, 0.25) is 0 Å². The van der Waals surface area contributed by atoms with Crippen LogP contribution in [0.15, 0.2) is 18.2 Å². The third kappa shape index (κ3) is 4.64. The first-order valence-electron chi connectivity index (χ1n) is 7.05. The minimum absolute atomic E-state index is 0.135. The standard InChI is InChI=1S/C15H21N2O3/c1-3-5-10-16(11-6-4-2)15(18)13-8-7-9-14(12-13)17(19)20/h7-8,12H,3-6,10-11H2,1-2H3. The fourth-order valence-electron chi connectivity index (χ4n) is 1.89. The molecule has 0 N–H and O–H groups in total. The van der Waals surface area contributed by atoms with Crippen LogP contribution >= 0.6 is 0 Å². The number of benzene rings is 1. The first-order chi connectivity index (χ1) is 9.60. The normalized spacial score (nSPS) is 10.3. The summed E-state index contributed by atoms with van der Waals surface area (Å²) in [5.41, 5.74) is 0.199. The van der Waals surface area contributed by atoms with Gasteiger partial charge in [0.25, 0.3) is 11.6 Å². The summed E-state index contributed by atoms with van der Waals surface area (Å²) in [7, 11) is 0. The number of nitrogens with zero attached hydrogens (tertiary/aromatic N) is 2. The highest BCUT2D eigenvalue weighted by atomic mass is 16.6. The molecular weight excluding hydrogens is 256 g/mol. The van der Waals surface area contributed by atoms with Gasteiger partial charge >= 0.3 is 0 Å². The molecule has 0 aliphatic heterocycles. The highest BCUT2D eigenvalue weighted by molar-refractivity contribution is 5.94. The predicted octanol–water partition coefficient (Wildman–Crippen LogP) is 3.44. The first kappa shape index (κ1) is 16.1. The van der Waals surface area contributed by atoms with Crippen molar-refractivity contribution in [1.82, 2.24) is 4.90 Å². The number of carbonyl (C=O) groups is 1. The predicted molar refractivity (Wildman–Crippen MR) is 77.7 cm³/mol. The van der Waals surface area contributed by atoms with Crippen LogP contribution in [0.2, 0.25) is 0 Å². The van der Waals surface area contributed by atoms with E-state index in [1.54, 1.807) is 11.0 Å². The molecule has 0 atom stereocenters. The lowest BCUT2D eigenvalue weighted by Gasteiger charge is -2.22. The number of carbonyl (C=O) groups excluding carboxylic acids is 1. The number of nitro groups is 1. The Labute approximate surface area is 119 Å². The van der Waals surface area contributed by atoms with Gasteiger partial charge in [-0.05, 0) is 25.0 Å². The van der Waals surface area contributed by atoms with Crippen molar-refractivity contribution >= 4 is 11.6 Å². The van der Waals surface area contributed by atoms with Crippen molar-refractivity contribution in [3.63, 3.8) is 0 Å². The molecule has 1 aromatic carbocycles. The molecule has 1 aromatic rings. The molecule has 5 heteroatoms. The van der Waals surface area contributed by atoms with Crippen molar-refractivity contribution in [1.29, 1.82) is 0 Å². The Balaban J connectivity index is 2.86. The molecule has 1 radical (unpaired) electrons. The van der Waals surface area contributed by atoms with Crippen LogP contribution in [-0.2, 0) is 0 Å². The highest BCUT2D eigenvalue weighted by Crippen LogP contribution is 2.15. The lowest BCUT2D eigenvalue weighted by molar-refractivity contribution is -0.385. The molecule has 5 nitrogen and oxygen atoms in total. The van der Waals surface area contributed by atoms with Gasteiger partial charge in [-0.2, -0.15) is 0 Å². The van der Waals surface area contributed by atoms with Gasteiger partial charge in [-0.25, -0.2) is 0 Å². The fourth-order valence-corrected chi connectivity index (χ4v) is 1.89. The summed E-state index contributed by atoms with van der Waals surface area (Å²) in [6, 6.07) is 6.83. The molecule has 1 amide bonds. The molecular formula is C15H21N2O3. The summed E-state index contributed by atoms with van der Waals surface area (Å²) >= 11 is 0. The second kappa shape index (κ2) is 8.30. The molecule has 109 valence electrons. The number of unbranched alkanes of at least 4 members (excludes halogenated alkanes) is 2. The van der Waals surface area contributed by atoms with E-state index in [0.717, 1.165) is 25.7 Å². The van der Waals surface area contributed by atoms with Crippen molar-refractivity contribution in [2.75, 3.05) is 13.1 Å². The number of non-ortho nitro benzene ring substituents is 1. The Hall–Kier alpha value is -1.91. The number of amides is 1. The van der Waals surface area contributed by atoms with Crippen LogP contribution in [0.25, 0.3) is 0 Å². The van der Waals surface area contributed by atoms with Crippen molar-refractivity contribution in [2.24, 2.45) is 0 Å². The Kier molecular flexibility index (Phi) is 6.70. The minimum Gasteiger partial charge on any atom is -0.339 e. The van der Waals surface area contributed by atoms with E-state index in [4.69, 9.17) is 0 Å². The van der Waals surface area contributed by atoms with Crippen LogP contribution in [-0.4, -0.2) is 28.8 Å². The van der Waals surface area contributed by atoms with Crippen LogP contribution in [0, 0.1) is 16.2 Å². The Morgan fingerprint density at radius 3 is 2.40 bits per heavy atom. The number of nitro benzene ring substituents is 1. The van der Waals surface area contributed by atoms with Crippen LogP contribution in [0.1, 0.15) is 49.9 Å². The van der Waals surface area contributed by atoms with E-state index in [-0.39, 0.29) is 11.6 Å². The summed E-state index contributed by atoms with van der Waals surface area (Å²) in [6.45, 7) is 5.54. The van der Waals surface area contributed by atoms with E-state index < -0.39 is 4.92 Å². The Morgan fingerprint density at radius 2 is 1.90 bits per heavy atom. The van der Waals surface area contributed by atoms with E-state index in [2.05, 4.69) is 19.9 Å². The third-order valence-corrected chi connectivity index (χ3v) is 3.08. The summed E-state index contributed by atoms with van der Waals surface area (Å²) in [4.78, 5) is 24.4. The minimum atomic E-state index is -0.529. The van der Waals surface area contributed by atoms with Crippen LogP contribution in [0.4, 0.5) is 5.69 Å². The monoisotopic (exact) mass is 277 g/mol. The number of hydrogen-bond donors (Lipinski definition) is 0. The van der Waals surface area contributed by atoms with Crippen molar-refractivity contribution < 1.29 is 9.72 Å². The Bertz CT molecular complexity index is 452. The maximum Gasteiger partial charge on any atom is 0.278 e. The van der Waals surface area contributed by atoms with Crippen LogP contribution in [0.3, 0.4) is 0 Å². The largest absolute Gasteiger partial charge is 0.339 e. The van der Waals surface area contributed by atoms with Crippen molar-refractivity contribution in [3.05, 3.63) is 39.9 Å². The van der Waals surface area contributed by atoms with Crippen LogP contribution < -0.4 is 0 Å². The van der Waals surface area contributed by atoms with E-state index >= 15 is 0 Å². The molecule has 0 bridgehead atoms. The van der Waals surface area contributed by atoms with Gasteiger partial charge in [0.1, 0.15) is 0 Å². The van der Waals surface area contributed by atoms with Gasteiger partial charge in [0, 0.05) is 24.7 Å². The zero-order valence-electron chi connectivity index (χ0n) is 12.1. The molecule has 0 heterocycles. The van der Waals surface area contributed by atoms with E-state index in [0.29, 0.717) is 18.7 Å². The number of hydrogen-bond acceptors (Lipinski definition) is 3. The van der Waals surface area contributed by atoms with Crippen LogP contribution in [0.5, 0.6) is 0 Å². The Morgan fingerprint density at radius 1 is 1.30 bits per heavy atom. The maximum absolute atomic E-state index is 12.4. The average Bonchev–Trinajstić information content (AvgIpc) is 2.47. The van der Waals surface area contributed by atoms with Gasteiger partial charge in [-0.15, -0.1) is 0 Å². The summed E-state index contributed by atoms with van der Waals surface area (Å²) < 4.78 is 0. The maximum atomic E-state index is 12.4. The average molecular weight is 277 g/mol. The summed E-state index contributed by atoms with van der Waals surface area (Å²) in [5.74, 6) is -0.135. The molecule has 0 spiro atoms. The second-order valence-electron chi connectivity index (χ2n) is 4.72. The van der Waals surface area contributed by atoms with Gasteiger partial charge in [-0.3, -0.25) is 14.9 Å². The molecule has 0 saturated carbocycles. The third-order valence-electron chi connectivity index (χ3n) is 3.08. The van der Waals surface area contributed by atoms with Gasteiger partial charge in [-0.1, -0.05) is 26.7 Å². The molecule has 1 rings (SSSR count). The molecule has 0 aliphatic rings. The number of rotatable bonds is 8. The molecule has 0 aliphatic carbocycles. The molecule has 20 heavy (non-hydrogen) atoms. The first-order valence-corrected chi connectivity index (χ1v) is 7.05. The van der Waals surface area contributed by atoms with E-state index in [1.807, 2.05) is 0 Å². The van der Waals surface area contributed by atoms with Gasteiger partial charge < -0.3 is 4.90 Å². The fraction of sp³-hybridized carbons (Fsp3) is 0.533. The zero-order valence-corrected chi connectivity index (χ0v) is 12.1. The SMILES string of the molecule is CCCCN(CCCC)C(=O)c1cc[c]c([N+](=O)[O-])c1. The quantitative estimate of drug-likeness (QED) is 0.540. The second-order valence-corrected chi connectivity index (χ2v) is 4.72. The summed E-state index contributed by atoms with van der Waals surface area (Å²) in [5, 5.41) is 10.7. The summed E-state index contributed by atoms with van der Waals surface area (Å²) in [6.07, 6.45) is 3.91. The van der Waals surface area contributed by atoms with Gasteiger partial charge in [0.15, 0.2) is 0 Å². The zero-order chi connectivity index (χ0) is 15.0. The van der Waals surface area contributed by atoms with Gasteiger partial charge in [0.05, 0.1) is 11.0 Å². The highest BCUT2D eigenvalue weighted by Gasteiger charge is 2.17. The topological polar surface area (TPSA) is 63.5 Å². The lowest BCUT2D eigenvalue weighted by atomic mass is 10.1.